The molecule has 8 heteroatoms. The Morgan fingerprint density at radius 2 is 1.94 bits per heavy atom. The van der Waals surface area contributed by atoms with Crippen LogP contribution in [-0.2, 0) is 12.7 Å². The predicted octanol–water partition coefficient (Wildman–Crippen LogP) is 4.49. The van der Waals surface area contributed by atoms with Crippen molar-refractivity contribution in [3.05, 3.63) is 88.1 Å². The summed E-state index contributed by atoms with van der Waals surface area (Å²) in [5.74, 6) is 0. The number of fused-ring (bicyclic) bond motifs is 3. The van der Waals surface area contributed by atoms with Crippen LogP contribution < -0.4 is 10.9 Å². The lowest BCUT2D eigenvalue weighted by Gasteiger charge is -2.18. The van der Waals surface area contributed by atoms with Crippen molar-refractivity contribution in [3.8, 4) is 11.3 Å². The number of nitrogens with one attached hydrogen (secondary N) is 2. The van der Waals surface area contributed by atoms with Crippen LogP contribution in [0, 0.1) is 0 Å². The zero-order chi connectivity index (χ0) is 21.6. The van der Waals surface area contributed by atoms with E-state index in [0.29, 0.717) is 11.3 Å². The van der Waals surface area contributed by atoms with Gasteiger partial charge in [0.2, 0.25) is 0 Å². The summed E-state index contributed by atoms with van der Waals surface area (Å²) in [4.78, 5) is 20.4. The van der Waals surface area contributed by atoms with Gasteiger partial charge in [-0.1, -0.05) is 18.2 Å². The Hall–Kier alpha value is -3.39. The van der Waals surface area contributed by atoms with Crippen LogP contribution in [0.4, 0.5) is 13.2 Å². The first-order valence-electron chi connectivity index (χ1n) is 9.98. The average molecular weight is 424 g/mol. The number of para-hydroxylation sites is 1. The van der Waals surface area contributed by atoms with E-state index in [1.54, 1.807) is 16.8 Å². The number of halogens is 3. The van der Waals surface area contributed by atoms with E-state index >= 15 is 0 Å². The molecule has 1 aromatic carbocycles. The lowest BCUT2D eigenvalue weighted by atomic mass is 10.0. The molecule has 3 aromatic heterocycles. The number of aromatic amines is 1. The second-order valence-corrected chi connectivity index (χ2v) is 7.63. The standard InChI is InChI=1S/C23H19F3N4O/c24-23(25,26)15-5-6-18(28-12-15)14-8-10-30(21(31)11-14)20-7-9-27-13-17-16-3-1-2-4-19(16)29-22(17)20/h1-6,8,10-12,20,27,29H,7,9,13H2. The highest BCUT2D eigenvalue weighted by molar-refractivity contribution is 5.85. The third kappa shape index (κ3) is 3.53. The zero-order valence-electron chi connectivity index (χ0n) is 16.4. The Balaban J connectivity index is 1.53. The lowest BCUT2D eigenvalue weighted by Crippen LogP contribution is -2.26. The predicted molar refractivity (Wildman–Crippen MR) is 112 cm³/mol. The molecule has 0 fully saturated rings. The number of nitrogens with zero attached hydrogens (tertiary/aromatic N) is 2. The summed E-state index contributed by atoms with van der Waals surface area (Å²) in [5, 5.41) is 4.55. The number of aromatic nitrogens is 3. The first-order valence-corrected chi connectivity index (χ1v) is 9.98. The molecule has 1 aliphatic rings. The minimum Gasteiger partial charge on any atom is -0.356 e. The topological polar surface area (TPSA) is 62.7 Å². The molecule has 0 radical (unpaired) electrons. The van der Waals surface area contributed by atoms with Crippen molar-refractivity contribution in [3.63, 3.8) is 0 Å². The number of benzene rings is 1. The van der Waals surface area contributed by atoms with Gasteiger partial charge in [0, 0.05) is 47.2 Å². The molecule has 4 aromatic rings. The van der Waals surface area contributed by atoms with Crippen LogP contribution in [-0.4, -0.2) is 21.1 Å². The van der Waals surface area contributed by atoms with Gasteiger partial charge < -0.3 is 14.9 Å². The molecule has 0 saturated carbocycles. The average Bonchev–Trinajstić information content (AvgIpc) is 2.99. The Bertz CT molecular complexity index is 1310. The molecular formula is C23H19F3N4O. The monoisotopic (exact) mass is 424 g/mol. The number of hydrogen-bond donors (Lipinski definition) is 2. The van der Waals surface area contributed by atoms with Gasteiger partial charge in [-0.2, -0.15) is 13.2 Å². The molecule has 0 saturated heterocycles. The van der Waals surface area contributed by atoms with Gasteiger partial charge in [-0.15, -0.1) is 0 Å². The van der Waals surface area contributed by atoms with Crippen molar-refractivity contribution in [2.45, 2.75) is 25.2 Å². The molecule has 0 bridgehead atoms. The second kappa shape index (κ2) is 7.39. The van der Waals surface area contributed by atoms with Crippen molar-refractivity contribution in [2.75, 3.05) is 6.54 Å². The maximum Gasteiger partial charge on any atom is 0.417 e. The van der Waals surface area contributed by atoms with Crippen LogP contribution >= 0.6 is 0 Å². The van der Waals surface area contributed by atoms with E-state index in [2.05, 4.69) is 21.4 Å². The molecule has 5 rings (SSSR count). The van der Waals surface area contributed by atoms with Crippen LogP contribution in [0.5, 0.6) is 0 Å². The number of alkyl halides is 3. The highest BCUT2D eigenvalue weighted by Gasteiger charge is 2.30. The van der Waals surface area contributed by atoms with Crippen molar-refractivity contribution in [2.24, 2.45) is 0 Å². The van der Waals surface area contributed by atoms with E-state index in [9.17, 15) is 18.0 Å². The quantitative estimate of drug-likeness (QED) is 0.498. The summed E-state index contributed by atoms with van der Waals surface area (Å²) in [5.41, 5.74) is 2.95. The van der Waals surface area contributed by atoms with Crippen molar-refractivity contribution in [1.82, 2.24) is 19.9 Å². The van der Waals surface area contributed by atoms with E-state index in [-0.39, 0.29) is 11.6 Å². The lowest BCUT2D eigenvalue weighted by molar-refractivity contribution is -0.137. The van der Waals surface area contributed by atoms with Gasteiger partial charge in [0.05, 0.1) is 17.3 Å². The van der Waals surface area contributed by atoms with E-state index in [0.717, 1.165) is 53.9 Å². The van der Waals surface area contributed by atoms with Crippen molar-refractivity contribution in [1.29, 1.82) is 0 Å². The van der Waals surface area contributed by atoms with Crippen molar-refractivity contribution < 1.29 is 13.2 Å². The van der Waals surface area contributed by atoms with Crippen LogP contribution in [0.15, 0.2) is 65.7 Å². The Kier molecular flexibility index (Phi) is 4.66. The molecule has 4 heterocycles. The fraction of sp³-hybridized carbons (Fsp3) is 0.217. The summed E-state index contributed by atoms with van der Waals surface area (Å²) in [7, 11) is 0. The molecule has 31 heavy (non-hydrogen) atoms. The molecular weight excluding hydrogens is 405 g/mol. The van der Waals surface area contributed by atoms with E-state index in [1.165, 1.54) is 12.1 Å². The van der Waals surface area contributed by atoms with Crippen LogP contribution in [0.2, 0.25) is 0 Å². The van der Waals surface area contributed by atoms with Crippen molar-refractivity contribution >= 4 is 10.9 Å². The molecule has 0 spiro atoms. The molecule has 1 atom stereocenters. The molecule has 158 valence electrons. The maximum absolute atomic E-state index is 13.0. The Morgan fingerprint density at radius 3 is 2.68 bits per heavy atom. The third-order valence-corrected chi connectivity index (χ3v) is 5.75. The second-order valence-electron chi connectivity index (χ2n) is 7.63. The fourth-order valence-electron chi connectivity index (χ4n) is 4.21. The summed E-state index contributed by atoms with van der Waals surface area (Å²) in [6, 6.07) is 13.3. The first kappa shape index (κ1) is 19.6. The van der Waals surface area contributed by atoms with Crippen LogP contribution in [0.1, 0.15) is 29.3 Å². The number of H-pyrrole nitrogens is 1. The SMILES string of the molecule is O=c1cc(-c2ccc(C(F)(F)F)cn2)ccn1C1CCNCc2c1[nH]c1ccccc21. The highest BCUT2D eigenvalue weighted by atomic mass is 19.4. The van der Waals surface area contributed by atoms with Crippen LogP contribution in [0.3, 0.4) is 0 Å². The summed E-state index contributed by atoms with van der Waals surface area (Å²) < 4.78 is 40.0. The minimum atomic E-state index is -4.44. The summed E-state index contributed by atoms with van der Waals surface area (Å²) in [6.45, 7) is 1.48. The number of rotatable bonds is 2. The normalized spacial score (nSPS) is 16.8. The van der Waals surface area contributed by atoms with E-state index < -0.39 is 11.7 Å². The van der Waals surface area contributed by atoms with Gasteiger partial charge in [0.15, 0.2) is 0 Å². The first-order chi connectivity index (χ1) is 14.9. The summed E-state index contributed by atoms with van der Waals surface area (Å²) in [6.07, 6.45) is -1.23. The van der Waals surface area contributed by atoms with Gasteiger partial charge >= 0.3 is 6.18 Å². The van der Waals surface area contributed by atoms with E-state index in [1.807, 2.05) is 18.2 Å². The molecule has 5 nitrogen and oxygen atoms in total. The Labute approximate surface area is 175 Å². The third-order valence-electron chi connectivity index (χ3n) is 5.75. The minimum absolute atomic E-state index is 0.167. The van der Waals surface area contributed by atoms with Gasteiger partial charge in [-0.25, -0.2) is 0 Å². The zero-order valence-corrected chi connectivity index (χ0v) is 16.4. The molecule has 0 amide bonds. The van der Waals surface area contributed by atoms with E-state index in [4.69, 9.17) is 0 Å². The largest absolute Gasteiger partial charge is 0.417 e. The van der Waals surface area contributed by atoms with Gasteiger partial charge in [-0.05, 0) is 42.8 Å². The number of hydrogen-bond acceptors (Lipinski definition) is 3. The highest BCUT2D eigenvalue weighted by Crippen LogP contribution is 2.32. The maximum atomic E-state index is 13.0. The molecule has 1 aliphatic heterocycles. The molecule has 2 N–H and O–H groups in total. The van der Waals surface area contributed by atoms with Gasteiger partial charge in [0.25, 0.3) is 5.56 Å². The molecule has 0 aliphatic carbocycles. The molecule has 1 unspecified atom stereocenters. The smallest absolute Gasteiger partial charge is 0.356 e. The Morgan fingerprint density at radius 1 is 1.10 bits per heavy atom. The number of pyridine rings is 2. The fourth-order valence-corrected chi connectivity index (χ4v) is 4.21. The van der Waals surface area contributed by atoms with Crippen LogP contribution in [0.25, 0.3) is 22.2 Å². The van der Waals surface area contributed by atoms with Gasteiger partial charge in [0.1, 0.15) is 0 Å². The van der Waals surface area contributed by atoms with Gasteiger partial charge in [-0.3, -0.25) is 9.78 Å². The summed E-state index contributed by atoms with van der Waals surface area (Å²) >= 11 is 0.